The van der Waals surface area contributed by atoms with Gasteiger partial charge >= 0.3 is 5.97 Å². The maximum absolute atomic E-state index is 13.2. The Balaban J connectivity index is 1.92. The molecule has 0 unspecified atom stereocenters. The molecule has 0 aliphatic heterocycles. The van der Waals surface area contributed by atoms with E-state index in [0.29, 0.717) is 30.8 Å². The molecule has 0 radical (unpaired) electrons. The molecule has 0 spiro atoms. The van der Waals surface area contributed by atoms with Crippen LogP contribution in [-0.4, -0.2) is 33.5 Å². The first-order valence-corrected chi connectivity index (χ1v) is 8.80. The summed E-state index contributed by atoms with van der Waals surface area (Å²) in [5, 5.41) is 3.20. The lowest BCUT2D eigenvalue weighted by atomic mass is 9.92. The van der Waals surface area contributed by atoms with E-state index in [4.69, 9.17) is 16.3 Å². The molecule has 1 heterocycles. The van der Waals surface area contributed by atoms with Gasteiger partial charge in [-0.05, 0) is 45.2 Å². The van der Waals surface area contributed by atoms with Gasteiger partial charge in [0, 0.05) is 37.1 Å². The van der Waals surface area contributed by atoms with Crippen LogP contribution in [0.1, 0.15) is 58.6 Å². The molecule has 1 aliphatic rings. The van der Waals surface area contributed by atoms with E-state index < -0.39 is 11.5 Å². The number of carbonyl (C=O) groups excluding carboxylic acids is 1. The second-order valence-corrected chi connectivity index (χ2v) is 7.71. The third-order valence-corrected chi connectivity index (χ3v) is 4.00. The molecule has 0 bridgehead atoms. The number of aryl methyl sites for hydroxylation is 1. The highest BCUT2D eigenvalue weighted by molar-refractivity contribution is 6.28. The van der Waals surface area contributed by atoms with Crippen LogP contribution in [0, 0.1) is 0 Å². The Labute approximate surface area is 151 Å². The molecule has 8 heteroatoms. The largest absolute Gasteiger partial charge is 0.460 e. The summed E-state index contributed by atoms with van der Waals surface area (Å²) < 4.78 is 31.7. The highest BCUT2D eigenvalue weighted by atomic mass is 35.5. The van der Waals surface area contributed by atoms with Gasteiger partial charge in [-0.25, -0.2) is 18.7 Å². The van der Waals surface area contributed by atoms with Crippen LogP contribution in [0.2, 0.25) is 5.28 Å². The molecule has 0 aromatic carbocycles. The van der Waals surface area contributed by atoms with Crippen LogP contribution in [0.5, 0.6) is 0 Å². The van der Waals surface area contributed by atoms with Crippen molar-refractivity contribution in [2.75, 3.05) is 5.32 Å². The summed E-state index contributed by atoms with van der Waals surface area (Å²) in [4.78, 5) is 20.0. The van der Waals surface area contributed by atoms with Crippen LogP contribution in [-0.2, 0) is 16.0 Å². The summed E-state index contributed by atoms with van der Waals surface area (Å²) in [7, 11) is 0. The molecular weight excluding hydrogens is 352 g/mol. The lowest BCUT2D eigenvalue weighted by Gasteiger charge is -2.29. The normalized spacial score (nSPS) is 18.0. The van der Waals surface area contributed by atoms with Crippen molar-refractivity contribution >= 4 is 23.4 Å². The number of carbonyl (C=O) groups is 1. The van der Waals surface area contributed by atoms with Crippen LogP contribution in [0.15, 0.2) is 6.07 Å². The highest BCUT2D eigenvalue weighted by Crippen LogP contribution is 2.34. The van der Waals surface area contributed by atoms with Gasteiger partial charge in [-0.2, -0.15) is 0 Å². The minimum Gasteiger partial charge on any atom is -0.460 e. The molecule has 0 saturated heterocycles. The predicted molar refractivity (Wildman–Crippen MR) is 92.0 cm³/mol. The standard InChI is InChI=1S/C17H24ClF2N3O2/c1-16(2,3)25-14(24)5-4-12-10-13(23-15(18)22-12)21-11-6-8-17(19,20)9-7-11/h10-11H,4-9H2,1-3H3,(H,21,22,23). The van der Waals surface area contributed by atoms with Gasteiger partial charge in [-0.3, -0.25) is 4.79 Å². The van der Waals surface area contributed by atoms with E-state index in [0.717, 1.165) is 0 Å². The highest BCUT2D eigenvalue weighted by Gasteiger charge is 2.34. The SMILES string of the molecule is CC(C)(C)OC(=O)CCc1cc(NC2CCC(F)(F)CC2)nc(Cl)n1. The number of anilines is 1. The second kappa shape index (κ2) is 7.81. The Morgan fingerprint density at radius 1 is 1.36 bits per heavy atom. The molecule has 25 heavy (non-hydrogen) atoms. The zero-order chi connectivity index (χ0) is 18.7. The molecule has 1 N–H and O–H groups in total. The minimum absolute atomic E-state index is 0.0605. The first kappa shape index (κ1) is 19.8. The number of hydrogen-bond donors (Lipinski definition) is 1. The minimum atomic E-state index is -2.57. The molecule has 1 aromatic heterocycles. The summed E-state index contributed by atoms with van der Waals surface area (Å²) in [5.41, 5.74) is 0.0744. The number of aromatic nitrogens is 2. The predicted octanol–water partition coefficient (Wildman–Crippen LogP) is 4.39. The number of hydrogen-bond acceptors (Lipinski definition) is 5. The van der Waals surface area contributed by atoms with Crippen molar-refractivity contribution in [3.63, 3.8) is 0 Å². The summed E-state index contributed by atoms with van der Waals surface area (Å²) in [5.74, 6) is -2.39. The van der Waals surface area contributed by atoms with Crippen molar-refractivity contribution < 1.29 is 18.3 Å². The maximum atomic E-state index is 13.2. The number of rotatable bonds is 5. The van der Waals surface area contributed by atoms with Crippen LogP contribution < -0.4 is 5.32 Å². The number of halogens is 3. The monoisotopic (exact) mass is 375 g/mol. The first-order chi connectivity index (χ1) is 11.5. The smallest absolute Gasteiger partial charge is 0.306 e. The fraction of sp³-hybridized carbons (Fsp3) is 0.706. The van der Waals surface area contributed by atoms with Crippen LogP contribution in [0.4, 0.5) is 14.6 Å². The zero-order valence-corrected chi connectivity index (χ0v) is 15.5. The molecular formula is C17H24ClF2N3O2. The van der Waals surface area contributed by atoms with Crippen molar-refractivity contribution in [2.45, 2.75) is 76.9 Å². The molecule has 1 fully saturated rings. The Morgan fingerprint density at radius 2 is 2.00 bits per heavy atom. The molecule has 0 atom stereocenters. The molecule has 140 valence electrons. The van der Waals surface area contributed by atoms with Gasteiger partial charge in [0.25, 0.3) is 0 Å². The van der Waals surface area contributed by atoms with Crippen molar-refractivity contribution in [1.29, 1.82) is 0 Å². The van der Waals surface area contributed by atoms with Crippen molar-refractivity contribution in [2.24, 2.45) is 0 Å². The Hall–Kier alpha value is -1.50. The van der Waals surface area contributed by atoms with Gasteiger partial charge in [0.15, 0.2) is 0 Å². The topological polar surface area (TPSA) is 64.1 Å². The van der Waals surface area contributed by atoms with Crippen LogP contribution >= 0.6 is 11.6 Å². The summed E-state index contributed by atoms with van der Waals surface area (Å²) >= 11 is 5.94. The average molecular weight is 376 g/mol. The fourth-order valence-electron chi connectivity index (χ4n) is 2.68. The van der Waals surface area contributed by atoms with Crippen molar-refractivity contribution in [3.8, 4) is 0 Å². The maximum Gasteiger partial charge on any atom is 0.306 e. The van der Waals surface area contributed by atoms with Gasteiger partial charge in [0.2, 0.25) is 11.2 Å². The van der Waals surface area contributed by atoms with Gasteiger partial charge < -0.3 is 10.1 Å². The number of ether oxygens (including phenoxy) is 1. The lowest BCUT2D eigenvalue weighted by Crippen LogP contribution is -2.32. The van der Waals surface area contributed by atoms with Crippen LogP contribution in [0.3, 0.4) is 0 Å². The second-order valence-electron chi connectivity index (χ2n) is 7.37. The van der Waals surface area contributed by atoms with E-state index >= 15 is 0 Å². The number of alkyl halides is 2. The average Bonchev–Trinajstić information content (AvgIpc) is 2.45. The first-order valence-electron chi connectivity index (χ1n) is 8.42. The number of nitrogens with one attached hydrogen (secondary N) is 1. The summed E-state index contributed by atoms with van der Waals surface area (Å²) in [6, 6.07) is 1.63. The van der Waals surface area contributed by atoms with E-state index in [-0.39, 0.29) is 36.6 Å². The Morgan fingerprint density at radius 3 is 2.60 bits per heavy atom. The quantitative estimate of drug-likeness (QED) is 0.610. The van der Waals surface area contributed by atoms with Crippen molar-refractivity contribution in [1.82, 2.24) is 9.97 Å². The third-order valence-electron chi connectivity index (χ3n) is 3.83. The van der Waals surface area contributed by atoms with E-state index in [1.54, 1.807) is 6.07 Å². The lowest BCUT2D eigenvalue weighted by molar-refractivity contribution is -0.154. The van der Waals surface area contributed by atoms with E-state index in [1.165, 1.54) is 0 Å². The molecule has 0 amide bonds. The summed E-state index contributed by atoms with van der Waals surface area (Å²) in [6.45, 7) is 5.42. The van der Waals surface area contributed by atoms with Gasteiger partial charge in [0.1, 0.15) is 11.4 Å². The van der Waals surface area contributed by atoms with E-state index in [2.05, 4.69) is 15.3 Å². The van der Waals surface area contributed by atoms with Crippen molar-refractivity contribution in [3.05, 3.63) is 17.0 Å². The third kappa shape index (κ3) is 7.10. The zero-order valence-electron chi connectivity index (χ0n) is 14.7. The molecule has 1 saturated carbocycles. The van der Waals surface area contributed by atoms with E-state index in [1.807, 2.05) is 20.8 Å². The summed E-state index contributed by atoms with van der Waals surface area (Å²) in [6.07, 6.45) is 1.04. The van der Waals surface area contributed by atoms with Gasteiger partial charge in [-0.1, -0.05) is 0 Å². The number of esters is 1. The molecule has 1 aromatic rings. The van der Waals surface area contributed by atoms with Gasteiger partial charge in [0.05, 0.1) is 6.42 Å². The number of nitrogens with zero attached hydrogens (tertiary/aromatic N) is 2. The van der Waals surface area contributed by atoms with Gasteiger partial charge in [-0.15, -0.1) is 0 Å². The molecule has 5 nitrogen and oxygen atoms in total. The van der Waals surface area contributed by atoms with E-state index in [9.17, 15) is 13.6 Å². The van der Waals surface area contributed by atoms with Crippen LogP contribution in [0.25, 0.3) is 0 Å². The Kier molecular flexibility index (Phi) is 6.19. The Bertz CT molecular complexity index is 610. The molecule has 1 aliphatic carbocycles. The fourth-order valence-corrected chi connectivity index (χ4v) is 2.88. The molecule has 2 rings (SSSR count).